The van der Waals surface area contributed by atoms with Gasteiger partial charge in [-0.2, -0.15) is 4.68 Å². The van der Waals surface area contributed by atoms with E-state index in [0.717, 1.165) is 4.68 Å². The third-order valence-electron chi connectivity index (χ3n) is 6.68. The number of hydrogen-bond acceptors (Lipinski definition) is 9. The van der Waals surface area contributed by atoms with Crippen LogP contribution in [0.4, 0.5) is 16.2 Å². The van der Waals surface area contributed by atoms with Crippen molar-refractivity contribution in [3.63, 3.8) is 0 Å². The fourth-order valence-corrected chi connectivity index (χ4v) is 4.60. The number of hydrogen-bond donors (Lipinski definition) is 2. The molecular weight excluding hydrogens is 554 g/mol. The Morgan fingerprint density at radius 3 is 2.58 bits per heavy atom. The van der Waals surface area contributed by atoms with Crippen LogP contribution in [0.15, 0.2) is 77.4 Å². The lowest BCUT2D eigenvalue weighted by atomic mass is 10.0. The highest BCUT2D eigenvalue weighted by atomic mass is 16.5. The molecule has 0 atom stereocenters. The fourth-order valence-electron chi connectivity index (χ4n) is 4.60. The third-order valence-corrected chi connectivity index (χ3v) is 6.68. The number of benzene rings is 3. The molecule has 5 aromatic rings. The van der Waals surface area contributed by atoms with Gasteiger partial charge < -0.3 is 24.3 Å². The number of methoxy groups -OCH3 is 1. The number of anilines is 2. The summed E-state index contributed by atoms with van der Waals surface area (Å²) in [5.74, 6) is -0.637. The Labute approximate surface area is 246 Å². The first-order chi connectivity index (χ1) is 20.8. The molecular formula is C31H29N5O7. The Balaban J connectivity index is 1.56. The number of para-hydroxylation sites is 2. The molecule has 220 valence electrons. The van der Waals surface area contributed by atoms with Crippen LogP contribution >= 0.6 is 0 Å². The highest BCUT2D eigenvalue weighted by molar-refractivity contribution is 6.13. The Hall–Kier alpha value is -5.65. The van der Waals surface area contributed by atoms with Crippen molar-refractivity contribution < 1.29 is 33.4 Å². The molecule has 0 saturated heterocycles. The third kappa shape index (κ3) is 5.75. The normalized spacial score (nSPS) is 10.9. The van der Waals surface area contributed by atoms with Gasteiger partial charge in [-0.15, -0.1) is 5.10 Å². The Morgan fingerprint density at radius 1 is 1.02 bits per heavy atom. The number of aromatic hydroxyl groups is 1. The zero-order valence-electron chi connectivity index (χ0n) is 23.7. The second-order valence-electron chi connectivity index (χ2n) is 9.51. The number of aryl methyl sites for hydroxylation is 1. The van der Waals surface area contributed by atoms with Crippen LogP contribution in [0.25, 0.3) is 10.8 Å². The first-order valence-corrected chi connectivity index (χ1v) is 13.5. The number of rotatable bonds is 9. The van der Waals surface area contributed by atoms with Gasteiger partial charge in [0.05, 0.1) is 49.2 Å². The summed E-state index contributed by atoms with van der Waals surface area (Å²) in [6.45, 7) is 3.55. The van der Waals surface area contributed by atoms with Crippen LogP contribution in [0.3, 0.4) is 0 Å². The van der Waals surface area contributed by atoms with Crippen LogP contribution < -0.4 is 15.0 Å². The minimum absolute atomic E-state index is 0.0207. The number of carbonyl (C=O) groups is 3. The van der Waals surface area contributed by atoms with Gasteiger partial charge in [-0.05, 0) is 49.7 Å². The zero-order valence-corrected chi connectivity index (χ0v) is 23.7. The van der Waals surface area contributed by atoms with Crippen LogP contribution in [0, 0.1) is 6.92 Å². The van der Waals surface area contributed by atoms with E-state index in [1.807, 2.05) is 6.92 Å². The Morgan fingerprint density at radius 2 is 1.84 bits per heavy atom. The lowest BCUT2D eigenvalue weighted by Gasteiger charge is -2.24. The summed E-state index contributed by atoms with van der Waals surface area (Å²) in [5.41, 5.74) is 0.962. The van der Waals surface area contributed by atoms with E-state index in [1.165, 1.54) is 24.3 Å². The monoisotopic (exact) mass is 583 g/mol. The largest absolute Gasteiger partial charge is 0.506 e. The maximum atomic E-state index is 14.0. The molecule has 5 rings (SSSR count). The van der Waals surface area contributed by atoms with Crippen molar-refractivity contribution in [3.05, 3.63) is 95.7 Å². The summed E-state index contributed by atoms with van der Waals surface area (Å²) in [5, 5.41) is 22.7. The topological polar surface area (TPSA) is 149 Å². The number of esters is 1. The summed E-state index contributed by atoms with van der Waals surface area (Å²) in [6, 6.07) is 17.7. The van der Waals surface area contributed by atoms with Crippen LogP contribution in [-0.4, -0.2) is 51.7 Å². The molecule has 43 heavy (non-hydrogen) atoms. The number of phenolic OH excluding ortho intramolecular Hbond substituents is 1. The summed E-state index contributed by atoms with van der Waals surface area (Å²) in [7, 11) is 1.49. The van der Waals surface area contributed by atoms with E-state index in [1.54, 1.807) is 67.6 Å². The van der Waals surface area contributed by atoms with Crippen LogP contribution in [-0.2, 0) is 11.3 Å². The summed E-state index contributed by atoms with van der Waals surface area (Å²) >= 11 is 0. The average Bonchev–Trinajstić information content (AvgIpc) is 3.68. The van der Waals surface area contributed by atoms with Crippen molar-refractivity contribution in [3.8, 4) is 11.5 Å². The number of fused-ring (bicyclic) bond motifs is 1. The molecule has 2 aromatic heterocycles. The van der Waals surface area contributed by atoms with Gasteiger partial charge in [0.2, 0.25) is 0 Å². The minimum Gasteiger partial charge on any atom is -0.506 e. The minimum atomic E-state index is -0.725. The maximum absolute atomic E-state index is 14.0. The van der Waals surface area contributed by atoms with Crippen LogP contribution in [0.1, 0.15) is 45.6 Å². The van der Waals surface area contributed by atoms with Crippen molar-refractivity contribution >= 4 is 40.1 Å². The molecule has 2 N–H and O–H groups in total. The molecule has 0 fully saturated rings. The van der Waals surface area contributed by atoms with Gasteiger partial charge in [0.1, 0.15) is 17.3 Å². The first-order valence-electron chi connectivity index (χ1n) is 13.5. The second-order valence-corrected chi connectivity index (χ2v) is 9.51. The van der Waals surface area contributed by atoms with Gasteiger partial charge >= 0.3 is 12.0 Å². The van der Waals surface area contributed by atoms with E-state index in [4.69, 9.17) is 13.9 Å². The number of nitrogens with zero attached hydrogens (tertiary/aromatic N) is 4. The summed E-state index contributed by atoms with van der Waals surface area (Å²) in [6.07, 6.45) is 2.08. The van der Waals surface area contributed by atoms with Crippen molar-refractivity contribution in [2.75, 3.05) is 23.9 Å². The average molecular weight is 584 g/mol. The molecule has 0 radical (unpaired) electrons. The first kappa shape index (κ1) is 28.9. The van der Waals surface area contributed by atoms with E-state index in [9.17, 15) is 19.5 Å². The number of aromatic nitrogens is 3. The lowest BCUT2D eigenvalue weighted by molar-refractivity contribution is 0.0492. The molecule has 0 aliphatic carbocycles. The molecule has 0 bridgehead atoms. The number of furan rings is 1. The van der Waals surface area contributed by atoms with Crippen molar-refractivity contribution in [2.45, 2.75) is 26.8 Å². The van der Waals surface area contributed by atoms with E-state index in [2.05, 4.69) is 15.6 Å². The molecule has 12 heteroatoms. The van der Waals surface area contributed by atoms with Gasteiger partial charge in [0.15, 0.2) is 5.69 Å². The highest BCUT2D eigenvalue weighted by Crippen LogP contribution is 2.36. The molecule has 3 aromatic carbocycles. The number of carbonyl (C=O) groups excluding carboxylic acids is 3. The van der Waals surface area contributed by atoms with Gasteiger partial charge in [-0.1, -0.05) is 42.5 Å². The SMILES string of the molecule is CCCOC(=O)c1c(C)nnn1C(=O)N(Cc1ccco1)c1cccc2c(O)c(C(=O)Nc3ccccc3OC)ccc12. The van der Waals surface area contributed by atoms with Crippen molar-refractivity contribution in [1.29, 1.82) is 0 Å². The van der Waals surface area contributed by atoms with Crippen LogP contribution in [0.5, 0.6) is 11.5 Å². The number of amides is 2. The van der Waals surface area contributed by atoms with Crippen LogP contribution in [0.2, 0.25) is 0 Å². The quantitative estimate of drug-likeness (QED) is 0.213. The van der Waals surface area contributed by atoms with Crippen molar-refractivity contribution in [2.24, 2.45) is 0 Å². The Bertz CT molecular complexity index is 1800. The van der Waals surface area contributed by atoms with E-state index >= 15 is 0 Å². The smallest absolute Gasteiger partial charge is 0.359 e. The summed E-state index contributed by atoms with van der Waals surface area (Å²) in [4.78, 5) is 41.4. The fraction of sp³-hybridized carbons (Fsp3) is 0.194. The van der Waals surface area contributed by atoms with Gasteiger partial charge in [-0.3, -0.25) is 9.69 Å². The molecule has 0 saturated carbocycles. The molecule has 12 nitrogen and oxygen atoms in total. The molecule has 0 unspecified atom stereocenters. The van der Waals surface area contributed by atoms with Crippen molar-refractivity contribution in [1.82, 2.24) is 15.0 Å². The van der Waals surface area contributed by atoms with E-state index in [0.29, 0.717) is 40.1 Å². The molecule has 2 heterocycles. The van der Waals surface area contributed by atoms with Gasteiger partial charge in [0, 0.05) is 10.8 Å². The number of ether oxygens (including phenoxy) is 2. The molecule has 0 spiro atoms. The van der Waals surface area contributed by atoms with Gasteiger partial charge in [-0.25, -0.2) is 9.59 Å². The van der Waals surface area contributed by atoms with E-state index in [-0.39, 0.29) is 35.9 Å². The maximum Gasteiger partial charge on any atom is 0.359 e. The summed E-state index contributed by atoms with van der Waals surface area (Å²) < 4.78 is 17.0. The predicted octanol–water partition coefficient (Wildman–Crippen LogP) is 5.54. The lowest BCUT2D eigenvalue weighted by Crippen LogP contribution is -2.37. The Kier molecular flexibility index (Phi) is 8.37. The molecule has 0 aliphatic heterocycles. The predicted molar refractivity (Wildman–Crippen MR) is 158 cm³/mol. The molecule has 0 aliphatic rings. The highest BCUT2D eigenvalue weighted by Gasteiger charge is 2.29. The standard InChI is InChI=1S/C31H29N5O7/c1-4-16-43-30(39)27-19(2)33-34-36(27)31(40)35(18-20-9-8-17-42-20)25-12-7-10-22-21(25)14-15-23(28(22)37)29(38)32-24-11-5-6-13-26(24)41-3/h5-15,17,37H,4,16,18H2,1-3H3,(H,32,38). The number of nitrogens with one attached hydrogen (secondary N) is 1. The second kappa shape index (κ2) is 12.5. The van der Waals surface area contributed by atoms with Gasteiger partial charge in [0.25, 0.3) is 5.91 Å². The number of phenols is 1. The van der Waals surface area contributed by atoms with E-state index < -0.39 is 17.9 Å². The molecule has 2 amide bonds. The zero-order chi connectivity index (χ0) is 30.5.